The van der Waals surface area contributed by atoms with Gasteiger partial charge >= 0.3 is 0 Å². The first kappa shape index (κ1) is 28.7. The Morgan fingerprint density at radius 1 is 1.22 bits per heavy atom. The van der Waals surface area contributed by atoms with Crippen LogP contribution in [0.25, 0.3) is 0 Å². The normalized spacial score (nSPS) is 27.2. The van der Waals surface area contributed by atoms with Gasteiger partial charge in [0.15, 0.2) is 6.29 Å². The van der Waals surface area contributed by atoms with Gasteiger partial charge in [-0.2, -0.15) is 0 Å². The van der Waals surface area contributed by atoms with E-state index in [2.05, 4.69) is 6.92 Å². The summed E-state index contributed by atoms with van der Waals surface area (Å²) < 4.78 is 16.4. The van der Waals surface area contributed by atoms with Gasteiger partial charge in [0.25, 0.3) is 0 Å². The molecule has 2 N–H and O–H groups in total. The molecule has 9 heteroatoms. The minimum atomic E-state index is -0.768. The number of aliphatic hydroxyl groups excluding tert-OH is 1. The summed E-state index contributed by atoms with van der Waals surface area (Å²) in [5.41, 5.74) is -1.39. The molecule has 2 aliphatic rings. The highest BCUT2D eigenvalue weighted by molar-refractivity contribution is 8.17. The Morgan fingerprint density at radius 2 is 1.97 bits per heavy atom. The molecule has 0 spiro atoms. The topological polar surface area (TPSA) is 86.6 Å². The molecule has 190 valence electrons. The zero-order chi connectivity index (χ0) is 23.5. The number of hydrogen-bond acceptors (Lipinski definition) is 9. The largest absolute Gasteiger partial charge is 0.393 e. The van der Waals surface area contributed by atoms with Gasteiger partial charge in [0, 0.05) is 19.4 Å². The summed E-state index contributed by atoms with van der Waals surface area (Å²) in [7, 11) is 1.61. The van der Waals surface area contributed by atoms with E-state index in [0.717, 1.165) is 37.2 Å². The molecule has 0 amide bonds. The Bertz CT molecular complexity index is 497. The quantitative estimate of drug-likeness (QED) is 0.185. The van der Waals surface area contributed by atoms with Crippen LogP contribution in [0.15, 0.2) is 0 Å². The van der Waals surface area contributed by atoms with E-state index in [4.69, 9.17) is 24.0 Å². The van der Waals surface area contributed by atoms with Crippen molar-refractivity contribution in [3.05, 3.63) is 0 Å². The molecule has 0 aromatic heterocycles. The summed E-state index contributed by atoms with van der Waals surface area (Å²) in [5.74, 6) is 2.83. The Morgan fingerprint density at radius 3 is 2.59 bits per heavy atom. The Hall–Kier alpha value is 0.420. The minimum absolute atomic E-state index is 0.0444. The van der Waals surface area contributed by atoms with Gasteiger partial charge in [-0.1, -0.05) is 13.3 Å². The van der Waals surface area contributed by atoms with Crippen molar-refractivity contribution in [2.24, 2.45) is 11.8 Å². The molecule has 0 radical (unpaired) electrons. The number of ether oxygens (including phenoxy) is 3. The Labute approximate surface area is 202 Å². The molecule has 5 atom stereocenters. The average molecular weight is 497 g/mol. The van der Waals surface area contributed by atoms with Crippen LogP contribution in [0.1, 0.15) is 65.7 Å². The highest BCUT2D eigenvalue weighted by atomic mass is 32.2. The maximum atomic E-state index is 11.5. The lowest BCUT2D eigenvalue weighted by Crippen LogP contribution is -2.43. The molecule has 0 aliphatic carbocycles. The van der Waals surface area contributed by atoms with Crippen molar-refractivity contribution in [3.8, 4) is 0 Å². The van der Waals surface area contributed by atoms with Crippen LogP contribution < -0.4 is 0 Å². The van der Waals surface area contributed by atoms with Crippen LogP contribution in [-0.4, -0.2) is 77.5 Å². The zero-order valence-corrected chi connectivity index (χ0v) is 21.9. The van der Waals surface area contributed by atoms with Crippen molar-refractivity contribution in [2.75, 3.05) is 45.2 Å². The van der Waals surface area contributed by atoms with Crippen molar-refractivity contribution in [3.63, 3.8) is 0 Å². The SMILES string of the molecule is COC(C)OCOCC(C)CCCC(C)(O)C(CCC1(CO)CCOO1)C1SCCCS1. The first-order chi connectivity index (χ1) is 15.3. The molecule has 7 nitrogen and oxygen atoms in total. The van der Waals surface area contributed by atoms with Crippen LogP contribution in [0.4, 0.5) is 0 Å². The lowest BCUT2D eigenvalue weighted by atomic mass is 9.79. The van der Waals surface area contributed by atoms with Gasteiger partial charge in [-0.25, -0.2) is 9.78 Å². The minimum Gasteiger partial charge on any atom is -0.393 e. The maximum Gasteiger partial charge on any atom is 0.157 e. The highest BCUT2D eigenvalue weighted by Crippen LogP contribution is 2.45. The molecule has 5 unspecified atom stereocenters. The second-order valence-corrected chi connectivity index (χ2v) is 12.2. The summed E-state index contributed by atoms with van der Waals surface area (Å²) in [5, 5.41) is 21.4. The molecule has 0 saturated carbocycles. The van der Waals surface area contributed by atoms with Crippen LogP contribution in [0.3, 0.4) is 0 Å². The van der Waals surface area contributed by atoms with Gasteiger partial charge in [-0.05, 0) is 63.4 Å². The standard InChI is InChI=1S/C23H44O7S2/c1-18(15-27-17-28-19(2)26-4)7-5-9-22(3,25)20(21-31-13-6-14-32-21)8-10-23(16-24)11-12-29-30-23/h18-21,24-25H,5-17H2,1-4H3. The third-order valence-electron chi connectivity index (χ3n) is 6.56. The van der Waals surface area contributed by atoms with Gasteiger partial charge in [0.1, 0.15) is 12.4 Å². The number of thioether (sulfide) groups is 2. The summed E-state index contributed by atoms with van der Waals surface area (Å²) in [6, 6.07) is 0. The molecular formula is C23H44O7S2. The summed E-state index contributed by atoms with van der Waals surface area (Å²) in [4.78, 5) is 10.5. The van der Waals surface area contributed by atoms with E-state index in [9.17, 15) is 10.2 Å². The molecule has 2 heterocycles. The fraction of sp³-hybridized carbons (Fsp3) is 1.00. The smallest absolute Gasteiger partial charge is 0.157 e. The van der Waals surface area contributed by atoms with E-state index < -0.39 is 11.2 Å². The molecule has 0 aromatic rings. The van der Waals surface area contributed by atoms with Gasteiger partial charge in [0.05, 0.1) is 30.0 Å². The van der Waals surface area contributed by atoms with E-state index in [1.165, 1.54) is 6.42 Å². The van der Waals surface area contributed by atoms with E-state index >= 15 is 0 Å². The molecule has 32 heavy (non-hydrogen) atoms. The monoisotopic (exact) mass is 496 g/mol. The maximum absolute atomic E-state index is 11.5. The van der Waals surface area contributed by atoms with Gasteiger partial charge in [-0.3, -0.25) is 0 Å². The molecule has 2 fully saturated rings. The number of methoxy groups -OCH3 is 1. The third-order valence-corrected chi connectivity index (χ3v) is 9.74. The molecule has 2 rings (SSSR count). The fourth-order valence-electron chi connectivity index (χ4n) is 4.22. The van der Waals surface area contributed by atoms with Crippen molar-refractivity contribution in [1.29, 1.82) is 0 Å². The summed E-state index contributed by atoms with van der Waals surface area (Å²) in [6.07, 6.45) is 5.86. The van der Waals surface area contributed by atoms with Gasteiger partial charge in [0.2, 0.25) is 0 Å². The highest BCUT2D eigenvalue weighted by Gasteiger charge is 2.43. The molecular weight excluding hydrogens is 452 g/mol. The zero-order valence-electron chi connectivity index (χ0n) is 20.3. The molecule has 0 bridgehead atoms. The lowest BCUT2D eigenvalue weighted by Gasteiger charge is -2.41. The first-order valence-electron chi connectivity index (χ1n) is 11.9. The van der Waals surface area contributed by atoms with Crippen LogP contribution >= 0.6 is 23.5 Å². The van der Waals surface area contributed by atoms with Gasteiger partial charge in [-0.15, -0.1) is 23.5 Å². The predicted molar refractivity (Wildman–Crippen MR) is 130 cm³/mol. The van der Waals surface area contributed by atoms with Crippen LogP contribution in [0.5, 0.6) is 0 Å². The third kappa shape index (κ3) is 9.58. The molecule has 2 saturated heterocycles. The van der Waals surface area contributed by atoms with Crippen molar-refractivity contribution >= 4 is 23.5 Å². The Kier molecular flexibility index (Phi) is 13.2. The van der Waals surface area contributed by atoms with E-state index in [1.807, 2.05) is 37.4 Å². The summed E-state index contributed by atoms with van der Waals surface area (Å²) >= 11 is 3.94. The predicted octanol–water partition coefficient (Wildman–Crippen LogP) is 4.20. The molecule has 2 aliphatic heterocycles. The van der Waals surface area contributed by atoms with Crippen LogP contribution in [0.2, 0.25) is 0 Å². The fourth-order valence-corrected chi connectivity index (χ4v) is 7.78. The van der Waals surface area contributed by atoms with Crippen LogP contribution in [-0.2, 0) is 24.0 Å². The Balaban J connectivity index is 1.82. The number of rotatable bonds is 16. The molecule has 0 aromatic carbocycles. The van der Waals surface area contributed by atoms with Crippen molar-refractivity contribution < 1.29 is 34.2 Å². The number of aliphatic hydroxyl groups is 2. The second kappa shape index (κ2) is 14.7. The number of hydrogen-bond donors (Lipinski definition) is 2. The van der Waals surface area contributed by atoms with Gasteiger partial charge < -0.3 is 24.4 Å². The summed E-state index contributed by atoms with van der Waals surface area (Å²) in [6.45, 7) is 7.33. The van der Waals surface area contributed by atoms with E-state index in [0.29, 0.717) is 36.6 Å². The first-order valence-corrected chi connectivity index (χ1v) is 14.0. The van der Waals surface area contributed by atoms with Crippen molar-refractivity contribution in [1.82, 2.24) is 0 Å². The van der Waals surface area contributed by atoms with E-state index in [-0.39, 0.29) is 25.6 Å². The van der Waals surface area contributed by atoms with E-state index in [1.54, 1.807) is 7.11 Å². The second-order valence-electron chi connectivity index (χ2n) is 9.42. The average Bonchev–Trinajstić information content (AvgIpc) is 3.26. The van der Waals surface area contributed by atoms with Crippen LogP contribution in [0, 0.1) is 11.8 Å². The van der Waals surface area contributed by atoms with Crippen molar-refractivity contribution in [2.45, 2.75) is 87.8 Å². The lowest BCUT2D eigenvalue weighted by molar-refractivity contribution is -0.317.